The fourth-order valence-corrected chi connectivity index (χ4v) is 2.40. The Kier molecular flexibility index (Phi) is 7.50. The van der Waals surface area contributed by atoms with Crippen LogP contribution in [-0.4, -0.2) is 29.9 Å². The number of carbonyl (C=O) groups is 1. The van der Waals surface area contributed by atoms with E-state index in [1.807, 2.05) is 31.0 Å². The molecule has 118 valence electrons. The highest BCUT2D eigenvalue weighted by molar-refractivity contribution is 6.42. The SMILES string of the molecule is CCC(CC)NC(=O)C(C)N(C)Cc1ccc(Cl)c(Cl)c1. The van der Waals surface area contributed by atoms with Crippen molar-refractivity contribution in [2.24, 2.45) is 0 Å². The van der Waals surface area contributed by atoms with E-state index < -0.39 is 0 Å². The molecule has 0 heterocycles. The zero-order valence-electron chi connectivity index (χ0n) is 13.1. The Morgan fingerprint density at radius 3 is 2.38 bits per heavy atom. The van der Waals surface area contributed by atoms with Crippen LogP contribution in [0.1, 0.15) is 39.2 Å². The maximum atomic E-state index is 12.2. The molecule has 0 aliphatic rings. The fraction of sp³-hybridized carbons (Fsp3) is 0.562. The summed E-state index contributed by atoms with van der Waals surface area (Å²) in [6.45, 7) is 6.72. The zero-order chi connectivity index (χ0) is 16.0. The van der Waals surface area contributed by atoms with Crippen LogP contribution >= 0.6 is 23.2 Å². The summed E-state index contributed by atoms with van der Waals surface area (Å²) < 4.78 is 0. The third kappa shape index (κ3) is 5.50. The van der Waals surface area contributed by atoms with Gasteiger partial charge in [-0.15, -0.1) is 0 Å². The Labute approximate surface area is 137 Å². The number of hydrogen-bond donors (Lipinski definition) is 1. The lowest BCUT2D eigenvalue weighted by atomic mass is 10.1. The lowest BCUT2D eigenvalue weighted by molar-refractivity contribution is -0.126. The van der Waals surface area contributed by atoms with Crippen molar-refractivity contribution < 1.29 is 4.79 Å². The molecular formula is C16H24Cl2N2O. The van der Waals surface area contributed by atoms with Crippen molar-refractivity contribution in [3.05, 3.63) is 33.8 Å². The lowest BCUT2D eigenvalue weighted by Crippen LogP contribution is -2.46. The Bertz CT molecular complexity index is 475. The van der Waals surface area contributed by atoms with Crippen molar-refractivity contribution in [2.45, 2.75) is 52.2 Å². The summed E-state index contributed by atoms with van der Waals surface area (Å²) in [6.07, 6.45) is 1.90. The first-order valence-corrected chi connectivity index (χ1v) is 8.09. The number of likely N-dealkylation sites (N-methyl/N-ethyl adjacent to an activating group) is 1. The van der Waals surface area contributed by atoms with E-state index in [4.69, 9.17) is 23.2 Å². The number of carbonyl (C=O) groups excluding carboxylic acids is 1. The van der Waals surface area contributed by atoms with Gasteiger partial charge < -0.3 is 5.32 Å². The Morgan fingerprint density at radius 1 is 1.24 bits per heavy atom. The third-order valence-corrected chi connectivity index (χ3v) is 4.53. The van der Waals surface area contributed by atoms with E-state index in [1.54, 1.807) is 6.07 Å². The molecule has 0 fully saturated rings. The van der Waals surface area contributed by atoms with Gasteiger partial charge in [-0.2, -0.15) is 0 Å². The van der Waals surface area contributed by atoms with Crippen LogP contribution < -0.4 is 5.32 Å². The van der Waals surface area contributed by atoms with Gasteiger partial charge in [0, 0.05) is 12.6 Å². The van der Waals surface area contributed by atoms with E-state index in [0.29, 0.717) is 16.6 Å². The number of nitrogens with one attached hydrogen (secondary N) is 1. The van der Waals surface area contributed by atoms with Gasteiger partial charge in [0.15, 0.2) is 0 Å². The van der Waals surface area contributed by atoms with Crippen molar-refractivity contribution in [2.75, 3.05) is 7.05 Å². The summed E-state index contributed by atoms with van der Waals surface area (Å²) in [5.41, 5.74) is 1.04. The molecule has 1 N–H and O–H groups in total. The molecule has 0 bridgehead atoms. The molecule has 1 unspecified atom stereocenters. The van der Waals surface area contributed by atoms with Crippen molar-refractivity contribution in [3.63, 3.8) is 0 Å². The molecular weight excluding hydrogens is 307 g/mol. The minimum absolute atomic E-state index is 0.0614. The smallest absolute Gasteiger partial charge is 0.237 e. The van der Waals surface area contributed by atoms with Crippen molar-refractivity contribution in [3.8, 4) is 0 Å². The van der Waals surface area contributed by atoms with Crippen LogP contribution in [0, 0.1) is 0 Å². The maximum absolute atomic E-state index is 12.2. The summed E-state index contributed by atoms with van der Waals surface area (Å²) in [5.74, 6) is 0.0614. The normalized spacial score (nSPS) is 12.8. The van der Waals surface area contributed by atoms with E-state index in [9.17, 15) is 4.79 Å². The van der Waals surface area contributed by atoms with Crippen molar-refractivity contribution in [1.82, 2.24) is 10.2 Å². The molecule has 0 radical (unpaired) electrons. The Morgan fingerprint density at radius 2 is 1.86 bits per heavy atom. The minimum Gasteiger partial charge on any atom is -0.352 e. The largest absolute Gasteiger partial charge is 0.352 e. The van der Waals surface area contributed by atoms with Gasteiger partial charge in [0.1, 0.15) is 0 Å². The van der Waals surface area contributed by atoms with Gasteiger partial charge in [-0.25, -0.2) is 0 Å². The minimum atomic E-state index is -0.194. The molecule has 1 rings (SSSR count). The van der Waals surface area contributed by atoms with Crippen LogP contribution in [0.5, 0.6) is 0 Å². The van der Waals surface area contributed by atoms with Gasteiger partial charge >= 0.3 is 0 Å². The van der Waals surface area contributed by atoms with Crippen LogP contribution in [0.2, 0.25) is 10.0 Å². The molecule has 1 aromatic carbocycles. The van der Waals surface area contributed by atoms with E-state index >= 15 is 0 Å². The van der Waals surface area contributed by atoms with Crippen LogP contribution in [0.4, 0.5) is 0 Å². The van der Waals surface area contributed by atoms with Gasteiger partial charge in [0.05, 0.1) is 16.1 Å². The highest BCUT2D eigenvalue weighted by Crippen LogP contribution is 2.23. The second kappa shape index (κ2) is 8.62. The first kappa shape index (κ1) is 18.3. The molecule has 0 saturated carbocycles. The van der Waals surface area contributed by atoms with E-state index in [2.05, 4.69) is 19.2 Å². The van der Waals surface area contributed by atoms with Crippen LogP contribution in [0.15, 0.2) is 18.2 Å². The lowest BCUT2D eigenvalue weighted by Gasteiger charge is -2.26. The second-order valence-corrected chi connectivity index (χ2v) is 6.18. The summed E-state index contributed by atoms with van der Waals surface area (Å²) in [7, 11) is 1.93. The number of halogens is 2. The van der Waals surface area contributed by atoms with E-state index in [1.165, 1.54) is 0 Å². The predicted octanol–water partition coefficient (Wildman–Crippen LogP) is 4.12. The fourth-order valence-electron chi connectivity index (χ4n) is 2.08. The Hall–Kier alpha value is -0.770. The van der Waals surface area contributed by atoms with E-state index in [-0.39, 0.29) is 18.0 Å². The maximum Gasteiger partial charge on any atom is 0.237 e. The molecule has 1 aromatic rings. The summed E-state index contributed by atoms with van der Waals surface area (Å²) in [6, 6.07) is 5.60. The summed E-state index contributed by atoms with van der Waals surface area (Å²) in [5, 5.41) is 4.16. The first-order valence-electron chi connectivity index (χ1n) is 7.33. The molecule has 0 aromatic heterocycles. The summed E-state index contributed by atoms with van der Waals surface area (Å²) in [4.78, 5) is 14.2. The molecule has 0 aliphatic heterocycles. The van der Waals surface area contributed by atoms with Crippen LogP contribution in [0.25, 0.3) is 0 Å². The van der Waals surface area contributed by atoms with Crippen LogP contribution in [-0.2, 0) is 11.3 Å². The monoisotopic (exact) mass is 330 g/mol. The third-order valence-electron chi connectivity index (χ3n) is 3.79. The van der Waals surface area contributed by atoms with Gasteiger partial charge in [-0.3, -0.25) is 9.69 Å². The molecule has 1 atom stereocenters. The molecule has 0 aliphatic carbocycles. The quantitative estimate of drug-likeness (QED) is 0.815. The van der Waals surface area contributed by atoms with Gasteiger partial charge in [-0.1, -0.05) is 43.1 Å². The average molecular weight is 331 g/mol. The van der Waals surface area contributed by atoms with Gasteiger partial charge in [-0.05, 0) is 44.5 Å². The number of rotatable bonds is 7. The molecule has 1 amide bonds. The molecule has 21 heavy (non-hydrogen) atoms. The van der Waals surface area contributed by atoms with Gasteiger partial charge in [0.25, 0.3) is 0 Å². The number of hydrogen-bond acceptors (Lipinski definition) is 2. The van der Waals surface area contributed by atoms with Gasteiger partial charge in [0.2, 0.25) is 5.91 Å². The Balaban J connectivity index is 2.63. The standard InChI is InChI=1S/C16H24Cl2N2O/c1-5-13(6-2)19-16(21)11(3)20(4)10-12-7-8-14(17)15(18)9-12/h7-9,11,13H,5-6,10H2,1-4H3,(H,19,21). The van der Waals surface area contributed by atoms with Crippen LogP contribution in [0.3, 0.4) is 0 Å². The van der Waals surface area contributed by atoms with Crippen molar-refractivity contribution in [1.29, 1.82) is 0 Å². The number of benzene rings is 1. The van der Waals surface area contributed by atoms with E-state index in [0.717, 1.165) is 18.4 Å². The molecule has 5 heteroatoms. The molecule has 0 spiro atoms. The second-order valence-electron chi connectivity index (χ2n) is 5.36. The first-order chi connectivity index (χ1) is 9.88. The average Bonchev–Trinajstić information content (AvgIpc) is 2.47. The summed E-state index contributed by atoms with van der Waals surface area (Å²) >= 11 is 11.9. The highest BCUT2D eigenvalue weighted by atomic mass is 35.5. The number of amides is 1. The number of nitrogens with zero attached hydrogens (tertiary/aromatic N) is 1. The topological polar surface area (TPSA) is 32.3 Å². The predicted molar refractivity (Wildman–Crippen MR) is 89.9 cm³/mol. The van der Waals surface area contributed by atoms with Crippen molar-refractivity contribution >= 4 is 29.1 Å². The molecule has 0 saturated heterocycles. The zero-order valence-corrected chi connectivity index (χ0v) is 14.6. The molecule has 3 nitrogen and oxygen atoms in total. The highest BCUT2D eigenvalue weighted by Gasteiger charge is 2.20.